The van der Waals surface area contributed by atoms with Crippen LogP contribution in [0, 0.1) is 20.8 Å². The summed E-state index contributed by atoms with van der Waals surface area (Å²) in [5.74, 6) is 2.02. The summed E-state index contributed by atoms with van der Waals surface area (Å²) in [5, 5.41) is 10.2. The van der Waals surface area contributed by atoms with E-state index in [9.17, 15) is 5.11 Å². The molecule has 0 bridgehead atoms. The van der Waals surface area contributed by atoms with E-state index in [0.29, 0.717) is 12.2 Å². The van der Waals surface area contributed by atoms with Gasteiger partial charge in [-0.1, -0.05) is 12.1 Å². The van der Waals surface area contributed by atoms with Gasteiger partial charge in [0.05, 0.1) is 14.2 Å². The highest BCUT2D eigenvalue weighted by molar-refractivity contribution is 5.50. The van der Waals surface area contributed by atoms with E-state index in [4.69, 9.17) is 9.47 Å². The fraction of sp³-hybridized carbons (Fsp3) is 0.333. The molecule has 0 atom stereocenters. The van der Waals surface area contributed by atoms with Gasteiger partial charge in [0.2, 0.25) is 0 Å². The highest BCUT2D eigenvalue weighted by Crippen LogP contribution is 2.31. The minimum atomic E-state index is 0.335. The maximum atomic E-state index is 10.2. The Balaban J connectivity index is 2.41. The van der Waals surface area contributed by atoms with Crippen molar-refractivity contribution >= 4 is 0 Å². The van der Waals surface area contributed by atoms with Crippen LogP contribution in [0.25, 0.3) is 0 Å². The van der Waals surface area contributed by atoms with Crippen molar-refractivity contribution in [2.24, 2.45) is 0 Å². The maximum absolute atomic E-state index is 10.2. The largest absolute Gasteiger partial charge is 0.507 e. The predicted molar refractivity (Wildman–Crippen MR) is 84.7 cm³/mol. The summed E-state index contributed by atoms with van der Waals surface area (Å²) in [6, 6.07) is 7.92. The zero-order chi connectivity index (χ0) is 15.6. The van der Waals surface area contributed by atoms with E-state index < -0.39 is 0 Å². The second kappa shape index (κ2) is 6.08. The van der Waals surface area contributed by atoms with Gasteiger partial charge in [0, 0.05) is 12.0 Å². The topological polar surface area (TPSA) is 38.7 Å². The maximum Gasteiger partial charge on any atom is 0.124 e. The molecule has 0 saturated heterocycles. The van der Waals surface area contributed by atoms with Gasteiger partial charge in [0.25, 0.3) is 0 Å². The molecule has 0 aromatic heterocycles. The molecule has 0 aliphatic rings. The van der Waals surface area contributed by atoms with Crippen molar-refractivity contribution < 1.29 is 14.6 Å². The lowest BCUT2D eigenvalue weighted by Crippen LogP contribution is -1.97. The van der Waals surface area contributed by atoms with E-state index in [0.717, 1.165) is 39.3 Å². The van der Waals surface area contributed by atoms with Gasteiger partial charge in [-0.3, -0.25) is 0 Å². The lowest BCUT2D eigenvalue weighted by Gasteiger charge is -2.13. The van der Waals surface area contributed by atoms with Gasteiger partial charge in [-0.25, -0.2) is 0 Å². The van der Waals surface area contributed by atoms with Gasteiger partial charge in [0.15, 0.2) is 0 Å². The molecule has 3 heteroatoms. The minimum Gasteiger partial charge on any atom is -0.507 e. The summed E-state index contributed by atoms with van der Waals surface area (Å²) < 4.78 is 10.7. The van der Waals surface area contributed by atoms with Crippen LogP contribution < -0.4 is 9.47 Å². The van der Waals surface area contributed by atoms with Crippen molar-refractivity contribution in [2.75, 3.05) is 14.2 Å². The smallest absolute Gasteiger partial charge is 0.124 e. The Morgan fingerprint density at radius 1 is 0.857 bits per heavy atom. The van der Waals surface area contributed by atoms with Crippen molar-refractivity contribution in [3.05, 3.63) is 52.1 Å². The zero-order valence-corrected chi connectivity index (χ0v) is 13.3. The molecule has 3 nitrogen and oxygen atoms in total. The average Bonchev–Trinajstić information content (AvgIpc) is 2.43. The van der Waals surface area contributed by atoms with Crippen LogP contribution in [0.15, 0.2) is 24.3 Å². The molecule has 0 unspecified atom stereocenters. The molecular formula is C18H22O3. The molecule has 112 valence electrons. The summed E-state index contributed by atoms with van der Waals surface area (Å²) in [6.07, 6.45) is 0.662. The van der Waals surface area contributed by atoms with E-state index in [1.165, 1.54) is 0 Å². The first-order valence-electron chi connectivity index (χ1n) is 6.96. The number of phenolic OH excluding ortho intramolecular Hbond substituents is 1. The first kappa shape index (κ1) is 15.2. The van der Waals surface area contributed by atoms with Gasteiger partial charge in [-0.15, -0.1) is 0 Å². The lowest BCUT2D eigenvalue weighted by atomic mass is 9.98. The number of phenols is 1. The van der Waals surface area contributed by atoms with Crippen molar-refractivity contribution in [3.8, 4) is 17.2 Å². The third kappa shape index (κ3) is 3.13. The Kier molecular flexibility index (Phi) is 4.41. The molecule has 2 aromatic carbocycles. The molecule has 0 aliphatic heterocycles. The monoisotopic (exact) mass is 286 g/mol. The number of benzene rings is 2. The number of methoxy groups -OCH3 is 2. The number of ether oxygens (including phenoxy) is 2. The van der Waals surface area contributed by atoms with Crippen LogP contribution >= 0.6 is 0 Å². The van der Waals surface area contributed by atoms with Crippen LogP contribution in [0.5, 0.6) is 17.2 Å². The summed E-state index contributed by atoms with van der Waals surface area (Å²) >= 11 is 0. The van der Waals surface area contributed by atoms with Crippen molar-refractivity contribution in [2.45, 2.75) is 27.2 Å². The highest BCUT2D eigenvalue weighted by atomic mass is 16.5. The van der Waals surface area contributed by atoms with Crippen molar-refractivity contribution in [3.63, 3.8) is 0 Å². The second-order valence-electron chi connectivity index (χ2n) is 5.39. The normalized spacial score (nSPS) is 10.5. The molecule has 0 spiro atoms. The molecule has 0 heterocycles. The van der Waals surface area contributed by atoms with Gasteiger partial charge in [-0.2, -0.15) is 0 Å². The summed E-state index contributed by atoms with van der Waals surface area (Å²) in [4.78, 5) is 0. The SMILES string of the molecule is COc1cc(C)c(O)c(Cc2cc(C)c(OC)c(C)c2)c1. The van der Waals surface area contributed by atoms with Crippen LogP contribution in [0.4, 0.5) is 0 Å². The summed E-state index contributed by atoms with van der Waals surface area (Å²) in [7, 11) is 3.32. The number of aromatic hydroxyl groups is 1. The van der Waals surface area contributed by atoms with Gasteiger partial charge >= 0.3 is 0 Å². The van der Waals surface area contributed by atoms with E-state index in [1.807, 2.05) is 32.9 Å². The fourth-order valence-electron chi connectivity index (χ4n) is 2.75. The first-order valence-corrected chi connectivity index (χ1v) is 6.96. The Labute approximate surface area is 126 Å². The van der Waals surface area contributed by atoms with Crippen LogP contribution in [-0.4, -0.2) is 19.3 Å². The number of aryl methyl sites for hydroxylation is 3. The van der Waals surface area contributed by atoms with E-state index in [-0.39, 0.29) is 0 Å². The van der Waals surface area contributed by atoms with Crippen LogP contribution in [0.3, 0.4) is 0 Å². The lowest BCUT2D eigenvalue weighted by molar-refractivity contribution is 0.408. The Bertz CT molecular complexity index is 637. The van der Waals surface area contributed by atoms with Crippen molar-refractivity contribution in [1.29, 1.82) is 0 Å². The fourth-order valence-corrected chi connectivity index (χ4v) is 2.75. The number of hydrogen-bond donors (Lipinski definition) is 1. The first-order chi connectivity index (χ1) is 9.96. The highest BCUT2D eigenvalue weighted by Gasteiger charge is 2.11. The van der Waals surface area contributed by atoms with E-state index >= 15 is 0 Å². The standard InChI is InChI=1S/C18H22O3/c1-11-8-16(20-4)10-15(17(11)19)9-14-6-12(2)18(21-5)13(3)7-14/h6-8,10,19H,9H2,1-5H3. The third-order valence-corrected chi connectivity index (χ3v) is 3.71. The molecule has 0 amide bonds. The third-order valence-electron chi connectivity index (χ3n) is 3.71. The Hall–Kier alpha value is -2.16. The van der Waals surface area contributed by atoms with Crippen molar-refractivity contribution in [1.82, 2.24) is 0 Å². The van der Waals surface area contributed by atoms with Crippen LogP contribution in [-0.2, 0) is 6.42 Å². The molecule has 0 aliphatic carbocycles. The predicted octanol–water partition coefficient (Wildman–Crippen LogP) is 3.93. The molecule has 1 N–H and O–H groups in total. The Morgan fingerprint density at radius 3 is 2.00 bits per heavy atom. The van der Waals surface area contributed by atoms with Crippen LogP contribution in [0.2, 0.25) is 0 Å². The molecular weight excluding hydrogens is 264 g/mol. The molecule has 0 fully saturated rings. The zero-order valence-electron chi connectivity index (χ0n) is 13.3. The van der Waals surface area contributed by atoms with Gasteiger partial charge < -0.3 is 14.6 Å². The van der Waals surface area contributed by atoms with E-state index in [2.05, 4.69) is 12.1 Å². The average molecular weight is 286 g/mol. The van der Waals surface area contributed by atoms with Crippen LogP contribution in [0.1, 0.15) is 27.8 Å². The molecule has 0 saturated carbocycles. The molecule has 2 rings (SSSR count). The molecule has 2 aromatic rings. The quantitative estimate of drug-likeness (QED) is 0.925. The second-order valence-corrected chi connectivity index (χ2v) is 5.39. The minimum absolute atomic E-state index is 0.335. The summed E-state index contributed by atoms with van der Waals surface area (Å²) in [6.45, 7) is 5.95. The van der Waals surface area contributed by atoms with Gasteiger partial charge in [0.1, 0.15) is 17.2 Å². The van der Waals surface area contributed by atoms with E-state index in [1.54, 1.807) is 14.2 Å². The number of hydrogen-bond acceptors (Lipinski definition) is 3. The molecule has 0 radical (unpaired) electrons. The number of rotatable bonds is 4. The summed E-state index contributed by atoms with van der Waals surface area (Å²) in [5.41, 5.74) is 5.05. The Morgan fingerprint density at radius 2 is 1.48 bits per heavy atom. The molecule has 21 heavy (non-hydrogen) atoms. The van der Waals surface area contributed by atoms with Gasteiger partial charge in [-0.05, 0) is 55.2 Å².